The molecule has 21 heavy (non-hydrogen) atoms. The highest BCUT2D eigenvalue weighted by molar-refractivity contribution is 5.37. The zero-order valence-corrected chi connectivity index (χ0v) is 12.3. The van der Waals surface area contributed by atoms with Crippen molar-refractivity contribution in [1.29, 1.82) is 0 Å². The van der Waals surface area contributed by atoms with E-state index < -0.39 is 23.5 Å². The summed E-state index contributed by atoms with van der Waals surface area (Å²) in [5.74, 6) is -1.44. The molecule has 0 heterocycles. The first-order chi connectivity index (χ1) is 9.95. The molecule has 4 heteroatoms. The second kappa shape index (κ2) is 6.31. The molecule has 1 nitrogen and oxygen atoms in total. The van der Waals surface area contributed by atoms with Crippen molar-refractivity contribution in [1.82, 2.24) is 5.32 Å². The van der Waals surface area contributed by atoms with E-state index in [1.807, 2.05) is 6.92 Å². The summed E-state index contributed by atoms with van der Waals surface area (Å²) in [7, 11) is 0. The van der Waals surface area contributed by atoms with E-state index in [2.05, 4.69) is 5.32 Å². The first kappa shape index (κ1) is 15.6. The van der Waals surface area contributed by atoms with Gasteiger partial charge in [0, 0.05) is 11.1 Å². The highest BCUT2D eigenvalue weighted by atomic mass is 19.1. The van der Waals surface area contributed by atoms with E-state index in [-0.39, 0.29) is 11.1 Å². The van der Waals surface area contributed by atoms with Crippen LogP contribution in [0.15, 0.2) is 30.3 Å². The summed E-state index contributed by atoms with van der Waals surface area (Å²) in [6, 6.07) is 6.51. The van der Waals surface area contributed by atoms with Crippen LogP contribution in [0.1, 0.15) is 35.2 Å². The van der Waals surface area contributed by atoms with Gasteiger partial charge in [-0.15, -0.1) is 0 Å². The van der Waals surface area contributed by atoms with E-state index in [0.29, 0.717) is 17.7 Å². The molecule has 112 valence electrons. The van der Waals surface area contributed by atoms with Gasteiger partial charge in [-0.1, -0.05) is 25.1 Å². The van der Waals surface area contributed by atoms with Crippen molar-refractivity contribution >= 4 is 0 Å². The number of rotatable bonds is 4. The minimum absolute atomic E-state index is 0.115. The summed E-state index contributed by atoms with van der Waals surface area (Å²) in [6.45, 7) is 5.49. The molecule has 2 aromatic rings. The molecule has 0 fully saturated rings. The molecule has 0 amide bonds. The van der Waals surface area contributed by atoms with Crippen LogP contribution >= 0.6 is 0 Å². The fraction of sp³-hybridized carbons (Fsp3) is 0.294. The van der Waals surface area contributed by atoms with Gasteiger partial charge in [-0.05, 0) is 43.7 Å². The smallest absolute Gasteiger partial charge is 0.131 e. The van der Waals surface area contributed by atoms with Crippen LogP contribution in [0.4, 0.5) is 13.2 Å². The van der Waals surface area contributed by atoms with Gasteiger partial charge in [0.2, 0.25) is 0 Å². The second-order valence-electron chi connectivity index (χ2n) is 5.09. The summed E-state index contributed by atoms with van der Waals surface area (Å²) in [5, 5.41) is 3.02. The third kappa shape index (κ3) is 3.10. The third-order valence-electron chi connectivity index (χ3n) is 3.53. The van der Waals surface area contributed by atoms with Crippen LogP contribution in [-0.2, 0) is 0 Å². The Labute approximate surface area is 122 Å². The average molecular weight is 293 g/mol. The summed E-state index contributed by atoms with van der Waals surface area (Å²) >= 11 is 0. The molecule has 0 aliphatic rings. The zero-order chi connectivity index (χ0) is 15.6. The maximum atomic E-state index is 14.3. The normalized spacial score (nSPS) is 12.5. The standard InChI is InChI=1S/C17H18F3N/c1-4-21-17(12-7-5-6-10(2)16(12)20)13-9-14(18)11(3)8-15(13)19/h5-9,17,21H,4H2,1-3H3. The Bertz CT molecular complexity index is 653. The van der Waals surface area contributed by atoms with E-state index in [4.69, 9.17) is 0 Å². The molecule has 0 aromatic heterocycles. The molecule has 2 rings (SSSR count). The van der Waals surface area contributed by atoms with Gasteiger partial charge in [0.05, 0.1) is 6.04 Å². The fourth-order valence-corrected chi connectivity index (χ4v) is 2.37. The van der Waals surface area contributed by atoms with Crippen LogP contribution < -0.4 is 5.32 Å². The molecular formula is C17H18F3N. The van der Waals surface area contributed by atoms with Gasteiger partial charge < -0.3 is 5.32 Å². The van der Waals surface area contributed by atoms with Gasteiger partial charge in [0.25, 0.3) is 0 Å². The number of benzene rings is 2. The van der Waals surface area contributed by atoms with Gasteiger partial charge in [-0.25, -0.2) is 13.2 Å². The van der Waals surface area contributed by atoms with E-state index in [1.165, 1.54) is 6.92 Å². The Hall–Kier alpha value is -1.81. The maximum Gasteiger partial charge on any atom is 0.131 e. The van der Waals surface area contributed by atoms with Crippen LogP contribution in [0, 0.1) is 31.3 Å². The van der Waals surface area contributed by atoms with Crippen LogP contribution in [0.3, 0.4) is 0 Å². The minimum atomic E-state index is -0.718. The molecule has 1 unspecified atom stereocenters. The van der Waals surface area contributed by atoms with Crippen LogP contribution in [0.5, 0.6) is 0 Å². The number of halogens is 3. The largest absolute Gasteiger partial charge is 0.306 e. The Morgan fingerprint density at radius 1 is 0.952 bits per heavy atom. The van der Waals surface area contributed by atoms with Gasteiger partial charge in [-0.2, -0.15) is 0 Å². The van der Waals surface area contributed by atoms with Crippen molar-refractivity contribution < 1.29 is 13.2 Å². The van der Waals surface area contributed by atoms with Gasteiger partial charge in [0.1, 0.15) is 17.5 Å². The highest BCUT2D eigenvalue weighted by Crippen LogP contribution is 2.29. The molecule has 0 radical (unpaired) electrons. The molecular weight excluding hydrogens is 275 g/mol. The summed E-state index contributed by atoms with van der Waals surface area (Å²) < 4.78 is 42.3. The summed E-state index contributed by atoms with van der Waals surface area (Å²) in [4.78, 5) is 0. The lowest BCUT2D eigenvalue weighted by Crippen LogP contribution is -2.24. The number of hydrogen-bond acceptors (Lipinski definition) is 1. The van der Waals surface area contributed by atoms with Crippen LogP contribution in [0.2, 0.25) is 0 Å². The number of nitrogens with one attached hydrogen (secondary N) is 1. The molecule has 0 bridgehead atoms. The Morgan fingerprint density at radius 3 is 2.33 bits per heavy atom. The van der Waals surface area contributed by atoms with E-state index in [0.717, 1.165) is 12.1 Å². The lowest BCUT2D eigenvalue weighted by Gasteiger charge is -2.21. The molecule has 0 saturated carbocycles. The minimum Gasteiger partial charge on any atom is -0.306 e. The lowest BCUT2D eigenvalue weighted by atomic mass is 9.95. The van der Waals surface area contributed by atoms with Crippen molar-refractivity contribution in [3.05, 3.63) is 70.0 Å². The molecule has 1 atom stereocenters. The predicted octanol–water partition coefficient (Wildman–Crippen LogP) is 4.42. The van der Waals surface area contributed by atoms with Gasteiger partial charge >= 0.3 is 0 Å². The molecule has 1 N–H and O–H groups in total. The molecule has 0 aliphatic heterocycles. The molecule has 0 saturated heterocycles. The Balaban J connectivity index is 2.59. The first-order valence-electron chi connectivity index (χ1n) is 6.89. The first-order valence-corrected chi connectivity index (χ1v) is 6.89. The van der Waals surface area contributed by atoms with E-state index in [9.17, 15) is 13.2 Å². The highest BCUT2D eigenvalue weighted by Gasteiger charge is 2.22. The van der Waals surface area contributed by atoms with E-state index >= 15 is 0 Å². The fourth-order valence-electron chi connectivity index (χ4n) is 2.37. The van der Waals surface area contributed by atoms with Crippen LogP contribution in [0.25, 0.3) is 0 Å². The van der Waals surface area contributed by atoms with Gasteiger partial charge in [0.15, 0.2) is 0 Å². The van der Waals surface area contributed by atoms with Gasteiger partial charge in [-0.3, -0.25) is 0 Å². The van der Waals surface area contributed by atoms with Crippen molar-refractivity contribution in [3.8, 4) is 0 Å². The second-order valence-corrected chi connectivity index (χ2v) is 5.09. The maximum absolute atomic E-state index is 14.3. The average Bonchev–Trinajstić information content (AvgIpc) is 2.44. The van der Waals surface area contributed by atoms with Crippen molar-refractivity contribution in [2.45, 2.75) is 26.8 Å². The van der Waals surface area contributed by atoms with E-state index in [1.54, 1.807) is 25.1 Å². The van der Waals surface area contributed by atoms with Crippen molar-refractivity contribution in [2.75, 3.05) is 6.54 Å². The van der Waals surface area contributed by atoms with Crippen molar-refractivity contribution in [2.24, 2.45) is 0 Å². The molecule has 0 aliphatic carbocycles. The summed E-state index contributed by atoms with van der Waals surface area (Å²) in [5.41, 5.74) is 1.14. The SMILES string of the molecule is CCNC(c1cc(F)c(C)cc1F)c1cccc(C)c1F. The zero-order valence-electron chi connectivity index (χ0n) is 12.3. The quantitative estimate of drug-likeness (QED) is 0.880. The Morgan fingerprint density at radius 2 is 1.67 bits per heavy atom. The summed E-state index contributed by atoms with van der Waals surface area (Å²) in [6.07, 6.45) is 0. The topological polar surface area (TPSA) is 12.0 Å². The van der Waals surface area contributed by atoms with Crippen LogP contribution in [-0.4, -0.2) is 6.54 Å². The Kier molecular flexibility index (Phi) is 4.68. The number of hydrogen-bond donors (Lipinski definition) is 1. The number of aryl methyl sites for hydroxylation is 2. The lowest BCUT2D eigenvalue weighted by molar-refractivity contribution is 0.518. The molecule has 2 aromatic carbocycles. The third-order valence-corrected chi connectivity index (χ3v) is 3.53. The predicted molar refractivity (Wildman–Crippen MR) is 77.8 cm³/mol. The van der Waals surface area contributed by atoms with Crippen molar-refractivity contribution in [3.63, 3.8) is 0 Å². The monoisotopic (exact) mass is 293 g/mol. The molecule has 0 spiro atoms.